The van der Waals surface area contributed by atoms with Crippen LogP contribution in [0.2, 0.25) is 0 Å². The van der Waals surface area contributed by atoms with Gasteiger partial charge in [-0.3, -0.25) is 4.55 Å². The zero-order valence-corrected chi connectivity index (χ0v) is 18.7. The Morgan fingerprint density at radius 1 is 0.654 bits per heavy atom. The minimum atomic E-state index is -4.92. The Labute approximate surface area is 163 Å². The first kappa shape index (κ1) is 28.0. The molecule has 0 aliphatic carbocycles. The van der Waals surface area contributed by atoms with Crippen molar-refractivity contribution >= 4 is 10.4 Å². The normalized spacial score (nSPS) is 11.9. The van der Waals surface area contributed by atoms with Crippen LogP contribution in [0.15, 0.2) is 0 Å². The largest absolute Gasteiger partial charge is 0.726 e. The molecular weight excluding hydrogens is 350 g/mol. The minimum absolute atomic E-state index is 1.12. The predicted molar refractivity (Wildman–Crippen MR) is 110 cm³/mol. The van der Waals surface area contributed by atoms with Crippen molar-refractivity contribution in [3.63, 3.8) is 0 Å². The van der Waals surface area contributed by atoms with Crippen LogP contribution < -0.4 is 0 Å². The number of unbranched alkanes of at least 4 members (excludes halogenated alkanes) is 14. The molecule has 0 aliphatic heterocycles. The Morgan fingerprint density at radius 3 is 1.12 bits per heavy atom. The molecular formula is C20H45NO4S. The number of hydrogen-bond donors (Lipinski definition) is 1. The Morgan fingerprint density at radius 2 is 0.885 bits per heavy atom. The Balaban J connectivity index is 0. The lowest BCUT2D eigenvalue weighted by Crippen LogP contribution is -2.35. The van der Waals surface area contributed by atoms with E-state index in [1.807, 2.05) is 0 Å². The summed E-state index contributed by atoms with van der Waals surface area (Å²) in [6.07, 6.45) is 21.9. The van der Waals surface area contributed by atoms with E-state index < -0.39 is 10.4 Å². The molecule has 26 heavy (non-hydrogen) atoms. The van der Waals surface area contributed by atoms with Crippen molar-refractivity contribution in [1.29, 1.82) is 0 Å². The van der Waals surface area contributed by atoms with Crippen LogP contribution in [0.4, 0.5) is 0 Å². The molecule has 0 aromatic heterocycles. The van der Waals surface area contributed by atoms with Crippen molar-refractivity contribution < 1.29 is 22.0 Å². The van der Waals surface area contributed by atoms with Crippen LogP contribution in [0.25, 0.3) is 0 Å². The predicted octanol–water partition coefficient (Wildman–Crippen LogP) is 5.57. The summed E-state index contributed by atoms with van der Waals surface area (Å²) in [5.74, 6) is 0. The zero-order valence-electron chi connectivity index (χ0n) is 17.8. The minimum Gasteiger partial charge on any atom is -0.726 e. The fourth-order valence-corrected chi connectivity index (χ4v) is 2.96. The van der Waals surface area contributed by atoms with Gasteiger partial charge in [-0.2, -0.15) is 0 Å². The molecule has 0 aliphatic rings. The summed E-state index contributed by atoms with van der Waals surface area (Å²) < 4.78 is 34.0. The molecule has 6 heteroatoms. The highest BCUT2D eigenvalue weighted by Gasteiger charge is 2.04. The van der Waals surface area contributed by atoms with Gasteiger partial charge < -0.3 is 9.04 Å². The molecule has 0 saturated carbocycles. The smallest absolute Gasteiger partial charge is 0.215 e. The number of hydrogen-bond acceptors (Lipinski definition) is 3. The second kappa shape index (κ2) is 18.2. The van der Waals surface area contributed by atoms with E-state index in [2.05, 4.69) is 28.1 Å². The molecule has 5 nitrogen and oxygen atoms in total. The van der Waals surface area contributed by atoms with Crippen LogP contribution in [0.3, 0.4) is 0 Å². The quantitative estimate of drug-likeness (QED) is 0.160. The van der Waals surface area contributed by atoms with Gasteiger partial charge in [0.05, 0.1) is 27.7 Å². The summed E-state index contributed by atoms with van der Waals surface area (Å²) in [7, 11) is 1.97. The van der Waals surface area contributed by atoms with Gasteiger partial charge in [0.15, 0.2) is 0 Å². The van der Waals surface area contributed by atoms with Crippen molar-refractivity contribution in [3.05, 3.63) is 0 Å². The fraction of sp³-hybridized carbons (Fsp3) is 1.00. The summed E-state index contributed by atoms with van der Waals surface area (Å²) >= 11 is 0. The average molecular weight is 396 g/mol. The highest BCUT2D eigenvalue weighted by atomic mass is 32.3. The van der Waals surface area contributed by atoms with Gasteiger partial charge in [0.1, 0.15) is 0 Å². The van der Waals surface area contributed by atoms with E-state index in [0.717, 1.165) is 4.48 Å². The standard InChI is InChI=1S/C20H44N.H2O4S/c1-5-6-7-8-9-10-11-12-13-14-15-16-17-18-19-20-21(2,3)4;1-5(2,3)4/h5-20H2,1-4H3;(H2,1,2,3,4)/q+1;/p-1. The van der Waals surface area contributed by atoms with Gasteiger partial charge in [0, 0.05) is 0 Å². The number of rotatable bonds is 16. The van der Waals surface area contributed by atoms with Gasteiger partial charge >= 0.3 is 0 Å². The molecule has 0 fully saturated rings. The lowest BCUT2D eigenvalue weighted by atomic mass is 10.0. The third kappa shape index (κ3) is 39.1. The number of nitrogens with zero attached hydrogens (tertiary/aromatic N) is 1. The van der Waals surface area contributed by atoms with Crippen molar-refractivity contribution in [2.75, 3.05) is 27.7 Å². The molecule has 0 rings (SSSR count). The maximum absolute atomic E-state index is 8.63. The SMILES string of the molecule is CCCCCCCCCCCCCCCCC[N+](C)(C)C.O=S(=O)([O-])O. The molecule has 0 aromatic carbocycles. The summed E-state index contributed by atoms with van der Waals surface area (Å²) in [6, 6.07) is 0. The van der Waals surface area contributed by atoms with E-state index in [4.69, 9.17) is 17.5 Å². The summed E-state index contributed by atoms with van der Waals surface area (Å²) in [5, 5.41) is 0. The van der Waals surface area contributed by atoms with E-state index in [-0.39, 0.29) is 0 Å². The molecule has 0 saturated heterocycles. The first-order chi connectivity index (χ1) is 12.1. The zero-order chi connectivity index (χ0) is 20.3. The Hall–Kier alpha value is -0.170. The molecule has 0 radical (unpaired) electrons. The van der Waals surface area contributed by atoms with Crippen LogP contribution in [0.1, 0.15) is 103 Å². The Kier molecular flexibility index (Phi) is 19.6. The first-order valence-corrected chi connectivity index (χ1v) is 11.9. The van der Waals surface area contributed by atoms with Crippen LogP contribution in [0, 0.1) is 0 Å². The van der Waals surface area contributed by atoms with Crippen molar-refractivity contribution in [1.82, 2.24) is 0 Å². The van der Waals surface area contributed by atoms with E-state index >= 15 is 0 Å². The third-order valence-electron chi connectivity index (χ3n) is 4.43. The third-order valence-corrected chi connectivity index (χ3v) is 4.43. The van der Waals surface area contributed by atoms with Crippen LogP contribution >= 0.6 is 0 Å². The lowest BCUT2D eigenvalue weighted by molar-refractivity contribution is -0.870. The molecule has 160 valence electrons. The highest BCUT2D eigenvalue weighted by molar-refractivity contribution is 7.79. The van der Waals surface area contributed by atoms with Gasteiger partial charge in [-0.25, -0.2) is 8.42 Å². The Bertz CT molecular complexity index is 370. The molecule has 0 heterocycles. The highest BCUT2D eigenvalue weighted by Crippen LogP contribution is 2.13. The van der Waals surface area contributed by atoms with Gasteiger partial charge in [-0.15, -0.1) is 0 Å². The maximum atomic E-state index is 8.63. The second-order valence-corrected chi connectivity index (χ2v) is 9.25. The maximum Gasteiger partial charge on any atom is 0.215 e. The monoisotopic (exact) mass is 395 g/mol. The molecule has 0 unspecified atom stereocenters. The molecule has 1 N–H and O–H groups in total. The van der Waals surface area contributed by atoms with Gasteiger partial charge in [-0.05, 0) is 12.8 Å². The molecule has 0 spiro atoms. The van der Waals surface area contributed by atoms with Gasteiger partial charge in [0.2, 0.25) is 10.4 Å². The molecule has 0 bridgehead atoms. The lowest BCUT2D eigenvalue weighted by Gasteiger charge is -2.23. The summed E-state index contributed by atoms with van der Waals surface area (Å²) in [5.41, 5.74) is 0. The van der Waals surface area contributed by atoms with Crippen molar-refractivity contribution in [3.8, 4) is 0 Å². The average Bonchev–Trinajstić information content (AvgIpc) is 2.48. The van der Waals surface area contributed by atoms with E-state index in [0.29, 0.717) is 0 Å². The number of quaternary nitrogens is 1. The summed E-state index contributed by atoms with van der Waals surface area (Å²) in [4.78, 5) is 0. The second-order valence-electron chi connectivity index (χ2n) is 8.39. The van der Waals surface area contributed by atoms with Crippen molar-refractivity contribution in [2.24, 2.45) is 0 Å². The van der Waals surface area contributed by atoms with Crippen LogP contribution in [-0.2, 0) is 10.4 Å². The molecule has 0 aromatic rings. The topological polar surface area (TPSA) is 77.4 Å². The fourth-order valence-electron chi connectivity index (χ4n) is 2.96. The van der Waals surface area contributed by atoms with Crippen molar-refractivity contribution in [2.45, 2.75) is 103 Å². The van der Waals surface area contributed by atoms with Gasteiger partial charge in [-0.1, -0.05) is 90.4 Å². The van der Waals surface area contributed by atoms with E-state index in [1.54, 1.807) is 0 Å². The van der Waals surface area contributed by atoms with E-state index in [9.17, 15) is 0 Å². The van der Waals surface area contributed by atoms with Crippen LogP contribution in [0.5, 0.6) is 0 Å². The van der Waals surface area contributed by atoms with Gasteiger partial charge in [0.25, 0.3) is 0 Å². The molecule has 0 amide bonds. The van der Waals surface area contributed by atoms with Crippen LogP contribution in [-0.4, -0.2) is 49.7 Å². The van der Waals surface area contributed by atoms with E-state index in [1.165, 1.54) is 103 Å². The summed E-state index contributed by atoms with van der Waals surface area (Å²) in [6.45, 7) is 3.63. The first-order valence-electron chi connectivity index (χ1n) is 10.5. The molecule has 0 atom stereocenters.